The van der Waals surface area contributed by atoms with E-state index in [0.717, 1.165) is 24.3 Å². The van der Waals surface area contributed by atoms with Crippen molar-refractivity contribution >= 4 is 11.9 Å². The standard InChI is InChI=1S/C16H14F3NO5/c1-10(13-3-2-8-23-13)20-14(21)9-24-15(22)11-4-6-12(7-5-11)25-16(17,18)19/h2-8,10H,9H2,1H3,(H,20,21)/t10-/m1/s1. The first kappa shape index (κ1) is 18.4. The molecule has 0 spiro atoms. The second kappa shape index (κ2) is 7.73. The smallest absolute Gasteiger partial charge is 0.467 e. The van der Waals surface area contributed by atoms with Crippen molar-refractivity contribution in [2.75, 3.05) is 6.61 Å². The molecule has 134 valence electrons. The minimum atomic E-state index is -4.81. The van der Waals surface area contributed by atoms with E-state index < -0.39 is 36.6 Å². The molecule has 1 N–H and O–H groups in total. The summed E-state index contributed by atoms with van der Waals surface area (Å²) in [6.07, 6.45) is -3.35. The van der Waals surface area contributed by atoms with Crippen LogP contribution in [0, 0.1) is 0 Å². The Morgan fingerprint density at radius 1 is 1.20 bits per heavy atom. The van der Waals surface area contributed by atoms with Gasteiger partial charge in [-0.25, -0.2) is 4.79 Å². The largest absolute Gasteiger partial charge is 0.573 e. The number of furan rings is 1. The van der Waals surface area contributed by atoms with Crippen LogP contribution in [0.4, 0.5) is 13.2 Å². The number of rotatable bonds is 6. The molecule has 1 amide bonds. The highest BCUT2D eigenvalue weighted by atomic mass is 19.4. The quantitative estimate of drug-likeness (QED) is 0.804. The lowest BCUT2D eigenvalue weighted by Gasteiger charge is -2.12. The molecule has 1 heterocycles. The number of esters is 1. The average molecular weight is 357 g/mol. The van der Waals surface area contributed by atoms with Crippen LogP contribution in [0.3, 0.4) is 0 Å². The van der Waals surface area contributed by atoms with Gasteiger partial charge in [0.05, 0.1) is 17.9 Å². The maximum absolute atomic E-state index is 12.1. The fourth-order valence-electron chi connectivity index (χ4n) is 1.90. The topological polar surface area (TPSA) is 77.8 Å². The van der Waals surface area contributed by atoms with Crippen molar-refractivity contribution in [2.45, 2.75) is 19.3 Å². The monoisotopic (exact) mass is 357 g/mol. The maximum Gasteiger partial charge on any atom is 0.573 e. The number of carbonyl (C=O) groups excluding carboxylic acids is 2. The van der Waals surface area contributed by atoms with Gasteiger partial charge in [-0.3, -0.25) is 4.79 Å². The molecule has 0 aliphatic heterocycles. The van der Waals surface area contributed by atoms with Crippen molar-refractivity contribution in [2.24, 2.45) is 0 Å². The van der Waals surface area contributed by atoms with Crippen LogP contribution >= 0.6 is 0 Å². The molecular formula is C16H14F3NO5. The Hall–Kier alpha value is -2.97. The lowest BCUT2D eigenvalue weighted by atomic mass is 10.2. The molecule has 0 saturated carbocycles. The molecule has 0 bridgehead atoms. The van der Waals surface area contributed by atoms with Gasteiger partial charge in [-0.2, -0.15) is 0 Å². The van der Waals surface area contributed by atoms with E-state index in [1.165, 1.54) is 6.26 Å². The summed E-state index contributed by atoms with van der Waals surface area (Å²) >= 11 is 0. The molecule has 2 aromatic rings. The van der Waals surface area contributed by atoms with Gasteiger partial charge in [0.2, 0.25) is 0 Å². The van der Waals surface area contributed by atoms with Crippen LogP contribution in [0.25, 0.3) is 0 Å². The molecule has 1 atom stereocenters. The molecule has 0 aliphatic carbocycles. The number of benzene rings is 1. The van der Waals surface area contributed by atoms with Crippen molar-refractivity contribution in [3.05, 3.63) is 54.0 Å². The summed E-state index contributed by atoms with van der Waals surface area (Å²) in [7, 11) is 0. The summed E-state index contributed by atoms with van der Waals surface area (Å²) in [5, 5.41) is 2.57. The summed E-state index contributed by atoms with van der Waals surface area (Å²) in [6.45, 7) is 1.16. The van der Waals surface area contributed by atoms with Gasteiger partial charge in [0, 0.05) is 0 Å². The van der Waals surface area contributed by atoms with Gasteiger partial charge >= 0.3 is 12.3 Å². The van der Waals surface area contributed by atoms with Crippen LogP contribution in [0.1, 0.15) is 29.1 Å². The van der Waals surface area contributed by atoms with Gasteiger partial charge in [0.15, 0.2) is 6.61 Å². The van der Waals surface area contributed by atoms with E-state index in [1.807, 2.05) is 0 Å². The molecule has 0 radical (unpaired) electrons. The Morgan fingerprint density at radius 2 is 1.88 bits per heavy atom. The zero-order chi connectivity index (χ0) is 18.4. The van der Waals surface area contributed by atoms with E-state index >= 15 is 0 Å². The third-order valence-corrected chi connectivity index (χ3v) is 3.01. The highest BCUT2D eigenvalue weighted by Crippen LogP contribution is 2.22. The van der Waals surface area contributed by atoms with Crippen LogP contribution < -0.4 is 10.1 Å². The molecular weight excluding hydrogens is 343 g/mol. The van der Waals surface area contributed by atoms with Crippen molar-refractivity contribution in [1.82, 2.24) is 5.32 Å². The number of carbonyl (C=O) groups is 2. The lowest BCUT2D eigenvalue weighted by molar-refractivity contribution is -0.274. The third kappa shape index (κ3) is 5.87. The summed E-state index contributed by atoms with van der Waals surface area (Å²) in [5.74, 6) is -1.32. The molecule has 9 heteroatoms. The molecule has 0 aliphatic rings. The Kier molecular flexibility index (Phi) is 5.68. The van der Waals surface area contributed by atoms with E-state index in [-0.39, 0.29) is 5.56 Å². The van der Waals surface area contributed by atoms with Crippen molar-refractivity contribution in [1.29, 1.82) is 0 Å². The lowest BCUT2D eigenvalue weighted by Crippen LogP contribution is -2.31. The number of alkyl halides is 3. The van der Waals surface area contributed by atoms with E-state index in [9.17, 15) is 22.8 Å². The normalized spacial score (nSPS) is 12.3. The SMILES string of the molecule is C[C@@H](NC(=O)COC(=O)c1ccc(OC(F)(F)F)cc1)c1ccco1. The van der Waals surface area contributed by atoms with Gasteiger partial charge in [0.25, 0.3) is 5.91 Å². The van der Waals surface area contributed by atoms with Gasteiger partial charge < -0.3 is 19.2 Å². The summed E-state index contributed by atoms with van der Waals surface area (Å²) in [5.41, 5.74) is -0.0126. The van der Waals surface area contributed by atoms with Gasteiger partial charge in [-0.1, -0.05) is 0 Å². The summed E-state index contributed by atoms with van der Waals surface area (Å²) in [6, 6.07) is 7.11. The molecule has 0 saturated heterocycles. The highest BCUT2D eigenvalue weighted by molar-refractivity contribution is 5.91. The molecule has 6 nitrogen and oxygen atoms in total. The van der Waals surface area contributed by atoms with Gasteiger partial charge in [-0.05, 0) is 43.3 Å². The van der Waals surface area contributed by atoms with Crippen molar-refractivity contribution in [3.63, 3.8) is 0 Å². The number of hydrogen-bond acceptors (Lipinski definition) is 5. The number of hydrogen-bond donors (Lipinski definition) is 1. The second-order valence-corrected chi connectivity index (χ2v) is 4.95. The average Bonchev–Trinajstić information content (AvgIpc) is 3.06. The summed E-state index contributed by atoms with van der Waals surface area (Å²) < 4.78 is 49.8. The molecule has 25 heavy (non-hydrogen) atoms. The highest BCUT2D eigenvalue weighted by Gasteiger charge is 2.31. The van der Waals surface area contributed by atoms with E-state index in [1.54, 1.807) is 19.1 Å². The van der Waals surface area contributed by atoms with Crippen LogP contribution in [-0.2, 0) is 9.53 Å². The predicted octanol–water partition coefficient (Wildman–Crippen LogP) is 3.21. The van der Waals surface area contributed by atoms with E-state index in [2.05, 4.69) is 10.1 Å². The zero-order valence-corrected chi connectivity index (χ0v) is 13.0. The first-order chi connectivity index (χ1) is 11.7. The fraction of sp³-hybridized carbons (Fsp3) is 0.250. The number of halogens is 3. The van der Waals surface area contributed by atoms with E-state index in [4.69, 9.17) is 9.15 Å². The van der Waals surface area contributed by atoms with Crippen LogP contribution in [0.5, 0.6) is 5.75 Å². The Bertz CT molecular complexity index is 710. The second-order valence-electron chi connectivity index (χ2n) is 4.95. The number of nitrogens with one attached hydrogen (secondary N) is 1. The Labute approximate surface area is 140 Å². The van der Waals surface area contributed by atoms with Crippen LogP contribution in [0.15, 0.2) is 47.1 Å². The number of amides is 1. The first-order valence-electron chi connectivity index (χ1n) is 7.10. The first-order valence-corrected chi connectivity index (χ1v) is 7.10. The van der Waals surface area contributed by atoms with Crippen LogP contribution in [0.2, 0.25) is 0 Å². The van der Waals surface area contributed by atoms with Crippen molar-refractivity contribution in [3.8, 4) is 5.75 Å². The maximum atomic E-state index is 12.1. The van der Waals surface area contributed by atoms with E-state index in [0.29, 0.717) is 5.76 Å². The Balaban J connectivity index is 1.82. The van der Waals surface area contributed by atoms with Crippen molar-refractivity contribution < 1.29 is 36.7 Å². The zero-order valence-electron chi connectivity index (χ0n) is 13.0. The molecule has 0 unspecified atom stereocenters. The Morgan fingerprint density at radius 3 is 2.44 bits per heavy atom. The van der Waals surface area contributed by atoms with Crippen LogP contribution in [-0.4, -0.2) is 24.8 Å². The summed E-state index contributed by atoms with van der Waals surface area (Å²) in [4.78, 5) is 23.5. The number of ether oxygens (including phenoxy) is 2. The predicted molar refractivity (Wildman–Crippen MR) is 78.7 cm³/mol. The molecule has 1 aromatic heterocycles. The molecule has 2 rings (SSSR count). The fourth-order valence-corrected chi connectivity index (χ4v) is 1.90. The van der Waals surface area contributed by atoms with Gasteiger partial charge in [-0.15, -0.1) is 13.2 Å². The van der Waals surface area contributed by atoms with Gasteiger partial charge in [0.1, 0.15) is 11.5 Å². The minimum absolute atomic E-state index is 0.0126. The molecule has 1 aromatic carbocycles. The molecule has 0 fully saturated rings. The minimum Gasteiger partial charge on any atom is -0.467 e. The third-order valence-electron chi connectivity index (χ3n) is 3.01.